The van der Waals surface area contributed by atoms with Gasteiger partial charge in [-0.1, -0.05) is 41.9 Å². The molecule has 3 rings (SSSR count). The zero-order valence-corrected chi connectivity index (χ0v) is 16.3. The second-order valence-corrected chi connectivity index (χ2v) is 6.90. The molecule has 28 heavy (non-hydrogen) atoms. The van der Waals surface area contributed by atoms with Crippen LogP contribution in [0.2, 0.25) is 5.02 Å². The molecule has 0 saturated carbocycles. The first-order valence-corrected chi connectivity index (χ1v) is 9.65. The number of hydrogen-bond donors (Lipinski definition) is 2. The van der Waals surface area contributed by atoms with Gasteiger partial charge in [-0.15, -0.1) is 0 Å². The summed E-state index contributed by atoms with van der Waals surface area (Å²) in [6, 6.07) is 13.0. The number of ether oxygens (including phenoxy) is 2. The number of halogens is 1. The van der Waals surface area contributed by atoms with E-state index in [0.717, 1.165) is 17.5 Å². The van der Waals surface area contributed by atoms with E-state index in [-0.39, 0.29) is 18.2 Å². The zero-order valence-electron chi connectivity index (χ0n) is 15.5. The van der Waals surface area contributed by atoms with Crippen LogP contribution in [-0.2, 0) is 22.4 Å². The van der Waals surface area contributed by atoms with E-state index in [4.69, 9.17) is 21.1 Å². The second kappa shape index (κ2) is 9.99. The number of hydrogen-bond acceptors (Lipinski definition) is 4. The van der Waals surface area contributed by atoms with E-state index in [0.29, 0.717) is 49.2 Å². The predicted octanol–water partition coefficient (Wildman–Crippen LogP) is 2.52. The molecule has 0 atom stereocenters. The lowest BCUT2D eigenvalue weighted by Crippen LogP contribution is -2.35. The van der Waals surface area contributed by atoms with Crippen LogP contribution in [0.25, 0.3) is 0 Å². The van der Waals surface area contributed by atoms with Gasteiger partial charge >= 0.3 is 0 Å². The highest BCUT2D eigenvalue weighted by Gasteiger charge is 2.16. The van der Waals surface area contributed by atoms with Crippen molar-refractivity contribution in [2.24, 2.45) is 0 Å². The number of carbonyl (C=O) groups is 2. The first-order chi connectivity index (χ1) is 13.6. The van der Waals surface area contributed by atoms with Gasteiger partial charge in [-0.05, 0) is 23.3 Å². The minimum atomic E-state index is -0.150. The summed E-state index contributed by atoms with van der Waals surface area (Å²) in [5, 5.41) is 6.03. The Morgan fingerprint density at radius 3 is 2.25 bits per heavy atom. The van der Waals surface area contributed by atoms with Gasteiger partial charge < -0.3 is 20.1 Å². The summed E-state index contributed by atoms with van der Waals surface area (Å²) < 4.78 is 11.2. The van der Waals surface area contributed by atoms with Crippen molar-refractivity contribution in [3.05, 3.63) is 58.6 Å². The molecule has 0 aromatic heterocycles. The number of carbonyl (C=O) groups excluding carboxylic acids is 2. The van der Waals surface area contributed by atoms with Crippen LogP contribution in [0.3, 0.4) is 0 Å². The lowest BCUT2D eigenvalue weighted by atomic mass is 10.1. The van der Waals surface area contributed by atoms with Gasteiger partial charge in [0.1, 0.15) is 0 Å². The molecule has 148 valence electrons. The molecule has 2 N–H and O–H groups in total. The second-order valence-electron chi connectivity index (χ2n) is 6.49. The van der Waals surface area contributed by atoms with Crippen LogP contribution in [0.1, 0.15) is 17.5 Å². The summed E-state index contributed by atoms with van der Waals surface area (Å²) in [6.07, 6.45) is 1.29. The summed E-state index contributed by atoms with van der Waals surface area (Å²) in [5.74, 6) is 0.878. The van der Waals surface area contributed by atoms with Gasteiger partial charge in [0.2, 0.25) is 11.8 Å². The highest BCUT2D eigenvalue weighted by molar-refractivity contribution is 6.32. The quantitative estimate of drug-likeness (QED) is 0.698. The van der Waals surface area contributed by atoms with Crippen LogP contribution >= 0.6 is 11.6 Å². The summed E-state index contributed by atoms with van der Waals surface area (Å²) in [7, 11) is 0. The van der Waals surface area contributed by atoms with Gasteiger partial charge in [0, 0.05) is 19.5 Å². The number of nitrogens with one attached hydrogen (secondary N) is 2. The van der Waals surface area contributed by atoms with Crippen molar-refractivity contribution >= 4 is 23.4 Å². The van der Waals surface area contributed by atoms with Gasteiger partial charge in [-0.25, -0.2) is 0 Å². The number of benzene rings is 2. The fraction of sp³-hybridized carbons (Fsp3) is 0.333. The van der Waals surface area contributed by atoms with Crippen molar-refractivity contribution in [2.45, 2.75) is 19.3 Å². The van der Waals surface area contributed by atoms with Crippen LogP contribution in [0.15, 0.2) is 42.5 Å². The molecule has 0 radical (unpaired) electrons. The van der Waals surface area contributed by atoms with Gasteiger partial charge in [0.15, 0.2) is 11.5 Å². The molecule has 1 heterocycles. The van der Waals surface area contributed by atoms with Crippen LogP contribution in [-0.4, -0.2) is 38.1 Å². The molecular formula is C21H23ClN2O4. The number of rotatable bonds is 7. The van der Waals surface area contributed by atoms with Crippen LogP contribution in [0.4, 0.5) is 0 Å². The Kier molecular flexibility index (Phi) is 7.14. The predicted molar refractivity (Wildman–Crippen MR) is 107 cm³/mol. The Hall–Kier alpha value is -2.73. The maximum atomic E-state index is 12.2. The SMILES string of the molecule is O=C(Cc1ccccc1)NCCNC(=O)Cc1cc(Cl)c2c(c1)OCCCO2. The molecule has 0 unspecified atom stereocenters. The Morgan fingerprint density at radius 2 is 1.54 bits per heavy atom. The van der Waals surface area contributed by atoms with E-state index in [1.54, 1.807) is 12.1 Å². The summed E-state index contributed by atoms with van der Waals surface area (Å²) in [4.78, 5) is 24.0. The molecule has 2 amide bonds. The lowest BCUT2D eigenvalue weighted by Gasteiger charge is -2.12. The molecule has 0 fully saturated rings. The molecule has 0 saturated heterocycles. The maximum absolute atomic E-state index is 12.2. The first-order valence-electron chi connectivity index (χ1n) is 9.27. The van der Waals surface area contributed by atoms with E-state index in [2.05, 4.69) is 10.6 Å². The monoisotopic (exact) mass is 402 g/mol. The Labute approximate surface area is 169 Å². The average Bonchev–Trinajstić information content (AvgIpc) is 2.92. The third-order valence-electron chi connectivity index (χ3n) is 4.20. The fourth-order valence-corrected chi connectivity index (χ4v) is 3.17. The standard InChI is InChI=1S/C21H23ClN2O4/c22-17-11-16(12-18-21(17)28-10-4-9-27-18)14-20(26)24-8-7-23-19(25)13-15-5-2-1-3-6-15/h1-3,5-6,11-12H,4,7-10,13-14H2,(H,23,25)(H,24,26). The molecule has 6 nitrogen and oxygen atoms in total. The zero-order chi connectivity index (χ0) is 19.8. The Morgan fingerprint density at radius 1 is 0.893 bits per heavy atom. The summed E-state index contributed by atoms with van der Waals surface area (Å²) >= 11 is 6.25. The maximum Gasteiger partial charge on any atom is 0.224 e. The largest absolute Gasteiger partial charge is 0.489 e. The first kappa shape index (κ1) is 20.0. The van der Waals surface area contributed by atoms with E-state index in [9.17, 15) is 9.59 Å². The van der Waals surface area contributed by atoms with Crippen LogP contribution in [0.5, 0.6) is 11.5 Å². The van der Waals surface area contributed by atoms with E-state index < -0.39 is 0 Å². The van der Waals surface area contributed by atoms with E-state index in [1.165, 1.54) is 0 Å². The van der Waals surface area contributed by atoms with Crippen LogP contribution in [0, 0.1) is 0 Å². The molecule has 0 spiro atoms. The molecule has 0 aliphatic carbocycles. The van der Waals surface area contributed by atoms with Gasteiger partial charge in [0.05, 0.1) is 31.1 Å². The fourth-order valence-electron chi connectivity index (χ4n) is 2.88. The van der Waals surface area contributed by atoms with Crippen molar-refractivity contribution in [3.8, 4) is 11.5 Å². The minimum Gasteiger partial charge on any atom is -0.489 e. The third kappa shape index (κ3) is 5.89. The molecule has 2 aromatic carbocycles. The summed E-state index contributed by atoms with van der Waals surface area (Å²) in [5.41, 5.74) is 1.70. The van der Waals surface area contributed by atoms with Crippen molar-refractivity contribution in [1.82, 2.24) is 10.6 Å². The molecule has 0 bridgehead atoms. The number of fused-ring (bicyclic) bond motifs is 1. The van der Waals surface area contributed by atoms with Crippen molar-refractivity contribution in [2.75, 3.05) is 26.3 Å². The summed E-state index contributed by atoms with van der Waals surface area (Å²) in [6.45, 7) is 1.85. The average molecular weight is 403 g/mol. The molecule has 7 heteroatoms. The molecule has 1 aliphatic rings. The highest BCUT2D eigenvalue weighted by Crippen LogP contribution is 2.38. The van der Waals surface area contributed by atoms with E-state index >= 15 is 0 Å². The number of amides is 2. The lowest BCUT2D eigenvalue weighted by molar-refractivity contribution is -0.122. The van der Waals surface area contributed by atoms with Crippen molar-refractivity contribution < 1.29 is 19.1 Å². The van der Waals surface area contributed by atoms with Gasteiger partial charge in [-0.3, -0.25) is 9.59 Å². The highest BCUT2D eigenvalue weighted by atomic mass is 35.5. The third-order valence-corrected chi connectivity index (χ3v) is 4.48. The normalized spacial score (nSPS) is 12.8. The molecule has 2 aromatic rings. The van der Waals surface area contributed by atoms with Gasteiger partial charge in [-0.2, -0.15) is 0 Å². The Bertz CT molecular complexity index is 827. The van der Waals surface area contributed by atoms with Crippen molar-refractivity contribution in [3.63, 3.8) is 0 Å². The smallest absolute Gasteiger partial charge is 0.224 e. The van der Waals surface area contributed by atoms with Gasteiger partial charge in [0.25, 0.3) is 0 Å². The van der Waals surface area contributed by atoms with Crippen molar-refractivity contribution in [1.29, 1.82) is 0 Å². The Balaban J connectivity index is 1.41. The topological polar surface area (TPSA) is 76.7 Å². The van der Waals surface area contributed by atoms with E-state index in [1.807, 2.05) is 30.3 Å². The molecule has 1 aliphatic heterocycles. The molecular weight excluding hydrogens is 380 g/mol. The minimum absolute atomic E-state index is 0.0740. The van der Waals surface area contributed by atoms with Crippen LogP contribution < -0.4 is 20.1 Å².